The largest absolute Gasteiger partial charge is 0.348 e. The summed E-state index contributed by atoms with van der Waals surface area (Å²) in [5.41, 5.74) is 1.55. The zero-order chi connectivity index (χ0) is 18.3. The summed E-state index contributed by atoms with van der Waals surface area (Å²) >= 11 is 12.1. The summed E-state index contributed by atoms with van der Waals surface area (Å²) in [6.45, 7) is 1.90. The average molecular weight is 378 g/mol. The molecular formula is C17H13Cl2N3O3. The molecule has 0 unspecified atom stereocenters. The number of nitrogens with one attached hydrogen (secondary N) is 1. The quantitative estimate of drug-likeness (QED) is 0.644. The Bertz CT molecular complexity index is 947. The van der Waals surface area contributed by atoms with E-state index in [4.69, 9.17) is 23.2 Å². The molecule has 3 rings (SSSR count). The molecule has 2 heterocycles. The van der Waals surface area contributed by atoms with E-state index in [2.05, 4.69) is 5.32 Å². The Labute approximate surface area is 153 Å². The number of imide groups is 2. The van der Waals surface area contributed by atoms with Crippen LogP contribution in [0.15, 0.2) is 35.9 Å². The number of aryl methyl sites for hydroxylation is 1. The third-order valence-corrected chi connectivity index (χ3v) is 4.79. The lowest BCUT2D eigenvalue weighted by molar-refractivity contribution is -0.122. The van der Waals surface area contributed by atoms with Gasteiger partial charge in [0.05, 0.1) is 15.7 Å². The Morgan fingerprint density at radius 3 is 2.44 bits per heavy atom. The molecule has 0 radical (unpaired) electrons. The van der Waals surface area contributed by atoms with E-state index in [0.29, 0.717) is 5.69 Å². The van der Waals surface area contributed by atoms with Gasteiger partial charge in [0.2, 0.25) is 0 Å². The molecule has 2 aromatic rings. The second-order valence-corrected chi connectivity index (χ2v) is 6.27. The maximum Gasteiger partial charge on any atom is 0.336 e. The zero-order valence-corrected chi connectivity index (χ0v) is 14.9. The van der Waals surface area contributed by atoms with Crippen molar-refractivity contribution in [3.63, 3.8) is 0 Å². The van der Waals surface area contributed by atoms with Gasteiger partial charge in [0.1, 0.15) is 5.57 Å². The molecule has 0 bridgehead atoms. The second-order valence-electron chi connectivity index (χ2n) is 5.49. The van der Waals surface area contributed by atoms with Gasteiger partial charge in [-0.15, -0.1) is 0 Å². The van der Waals surface area contributed by atoms with Crippen LogP contribution in [0.25, 0.3) is 6.08 Å². The van der Waals surface area contributed by atoms with E-state index in [9.17, 15) is 14.4 Å². The van der Waals surface area contributed by atoms with E-state index in [-0.39, 0.29) is 21.3 Å². The van der Waals surface area contributed by atoms with Gasteiger partial charge in [-0.05, 0) is 37.3 Å². The van der Waals surface area contributed by atoms with Gasteiger partial charge in [0.25, 0.3) is 11.8 Å². The molecule has 0 saturated carbocycles. The number of rotatable bonds is 2. The minimum atomic E-state index is -0.876. The summed E-state index contributed by atoms with van der Waals surface area (Å²) in [5.74, 6) is -1.53. The summed E-state index contributed by atoms with van der Waals surface area (Å²) in [7, 11) is 1.81. The fourth-order valence-corrected chi connectivity index (χ4v) is 2.85. The van der Waals surface area contributed by atoms with Crippen LogP contribution in [0.4, 0.5) is 10.5 Å². The van der Waals surface area contributed by atoms with Crippen molar-refractivity contribution in [3.05, 3.63) is 57.3 Å². The number of aromatic nitrogens is 1. The standard InChI is InChI=1S/C17H13Cl2N3O3/c1-9-6-7-10(21(9)2)8-11-15(23)20-17(25)22(16(11)24)13-5-3-4-12(18)14(13)19/h3-8H,1-2H3,(H,20,23,25)/b11-8+. The fourth-order valence-electron chi connectivity index (χ4n) is 2.47. The molecule has 1 aromatic carbocycles. The summed E-state index contributed by atoms with van der Waals surface area (Å²) in [6, 6.07) is 7.33. The van der Waals surface area contributed by atoms with Gasteiger partial charge in [0.15, 0.2) is 0 Å². The molecule has 1 aliphatic heterocycles. The van der Waals surface area contributed by atoms with E-state index in [1.165, 1.54) is 18.2 Å². The van der Waals surface area contributed by atoms with Crippen LogP contribution >= 0.6 is 23.2 Å². The number of carbonyl (C=O) groups excluding carboxylic acids is 3. The van der Waals surface area contributed by atoms with Crippen molar-refractivity contribution in [2.75, 3.05) is 4.90 Å². The predicted molar refractivity (Wildman–Crippen MR) is 95.6 cm³/mol. The average Bonchev–Trinajstić information content (AvgIpc) is 2.87. The van der Waals surface area contributed by atoms with E-state index in [1.54, 1.807) is 12.1 Å². The third kappa shape index (κ3) is 2.94. The number of barbiturate groups is 1. The van der Waals surface area contributed by atoms with Crippen molar-refractivity contribution >= 4 is 52.8 Å². The van der Waals surface area contributed by atoms with Gasteiger partial charge in [-0.2, -0.15) is 0 Å². The maximum atomic E-state index is 12.8. The van der Waals surface area contributed by atoms with Crippen LogP contribution in [0.1, 0.15) is 11.4 Å². The number of hydrogen-bond acceptors (Lipinski definition) is 3. The van der Waals surface area contributed by atoms with Crippen LogP contribution in [0, 0.1) is 6.92 Å². The van der Waals surface area contributed by atoms with Crippen LogP contribution in [0.3, 0.4) is 0 Å². The number of hydrogen-bond donors (Lipinski definition) is 1. The lowest BCUT2D eigenvalue weighted by Gasteiger charge is -2.27. The van der Waals surface area contributed by atoms with E-state index >= 15 is 0 Å². The Hall–Kier alpha value is -2.57. The van der Waals surface area contributed by atoms with Crippen LogP contribution in [-0.2, 0) is 16.6 Å². The highest BCUT2D eigenvalue weighted by atomic mass is 35.5. The summed E-state index contributed by atoms with van der Waals surface area (Å²) in [4.78, 5) is 37.9. The first-order valence-electron chi connectivity index (χ1n) is 7.29. The highest BCUT2D eigenvalue weighted by Crippen LogP contribution is 2.34. The maximum absolute atomic E-state index is 12.8. The van der Waals surface area contributed by atoms with Crippen molar-refractivity contribution in [1.82, 2.24) is 9.88 Å². The smallest absolute Gasteiger partial charge is 0.336 e. The Kier molecular flexibility index (Phi) is 4.41. The van der Waals surface area contributed by atoms with Gasteiger partial charge < -0.3 is 4.57 Å². The monoisotopic (exact) mass is 377 g/mol. The van der Waals surface area contributed by atoms with Gasteiger partial charge in [-0.25, -0.2) is 9.69 Å². The Morgan fingerprint density at radius 2 is 1.80 bits per heavy atom. The molecule has 128 valence electrons. The lowest BCUT2D eigenvalue weighted by atomic mass is 10.1. The highest BCUT2D eigenvalue weighted by molar-refractivity contribution is 6.46. The van der Waals surface area contributed by atoms with Crippen molar-refractivity contribution in [2.45, 2.75) is 6.92 Å². The van der Waals surface area contributed by atoms with Gasteiger partial charge in [-0.1, -0.05) is 29.3 Å². The fraction of sp³-hybridized carbons (Fsp3) is 0.118. The Morgan fingerprint density at radius 1 is 1.08 bits per heavy atom. The first-order chi connectivity index (χ1) is 11.8. The van der Waals surface area contributed by atoms with Crippen LogP contribution < -0.4 is 10.2 Å². The van der Waals surface area contributed by atoms with Crippen molar-refractivity contribution in [2.24, 2.45) is 7.05 Å². The zero-order valence-electron chi connectivity index (χ0n) is 13.3. The molecule has 8 heteroatoms. The molecule has 0 atom stereocenters. The minimum absolute atomic E-state index is 0.0519. The molecule has 6 nitrogen and oxygen atoms in total. The summed E-state index contributed by atoms with van der Waals surface area (Å²) in [6.07, 6.45) is 1.43. The molecule has 1 aromatic heterocycles. The highest BCUT2D eigenvalue weighted by Gasteiger charge is 2.38. The lowest BCUT2D eigenvalue weighted by Crippen LogP contribution is -2.54. The number of halogens is 2. The molecule has 1 fully saturated rings. The Balaban J connectivity index is 2.09. The molecule has 1 N–H and O–H groups in total. The number of amides is 4. The van der Waals surface area contributed by atoms with Crippen molar-refractivity contribution < 1.29 is 14.4 Å². The molecule has 1 saturated heterocycles. The first-order valence-corrected chi connectivity index (χ1v) is 8.04. The van der Waals surface area contributed by atoms with Crippen LogP contribution in [0.5, 0.6) is 0 Å². The molecule has 4 amide bonds. The molecular weight excluding hydrogens is 365 g/mol. The molecule has 1 aliphatic rings. The molecule has 0 aliphatic carbocycles. The topological polar surface area (TPSA) is 71.4 Å². The number of anilines is 1. The normalized spacial score (nSPS) is 16.6. The van der Waals surface area contributed by atoms with E-state index < -0.39 is 17.8 Å². The van der Waals surface area contributed by atoms with Gasteiger partial charge in [0, 0.05) is 18.4 Å². The van der Waals surface area contributed by atoms with Crippen molar-refractivity contribution in [1.29, 1.82) is 0 Å². The summed E-state index contributed by atoms with van der Waals surface area (Å²) in [5, 5.41) is 2.40. The van der Waals surface area contributed by atoms with Crippen LogP contribution in [-0.4, -0.2) is 22.4 Å². The number of carbonyl (C=O) groups is 3. The summed E-state index contributed by atoms with van der Waals surface area (Å²) < 4.78 is 1.82. The van der Waals surface area contributed by atoms with E-state index in [1.807, 2.05) is 24.6 Å². The van der Waals surface area contributed by atoms with Crippen molar-refractivity contribution in [3.8, 4) is 0 Å². The number of benzene rings is 1. The molecule has 25 heavy (non-hydrogen) atoms. The van der Waals surface area contributed by atoms with Gasteiger partial charge >= 0.3 is 6.03 Å². The van der Waals surface area contributed by atoms with Gasteiger partial charge in [-0.3, -0.25) is 14.9 Å². The molecule has 0 spiro atoms. The SMILES string of the molecule is Cc1ccc(/C=C2\C(=O)NC(=O)N(c3cccc(Cl)c3Cl)C2=O)n1C. The van der Waals surface area contributed by atoms with Crippen LogP contribution in [0.2, 0.25) is 10.0 Å². The first kappa shape index (κ1) is 17.3. The van der Waals surface area contributed by atoms with E-state index in [0.717, 1.165) is 10.6 Å². The number of nitrogens with zero attached hydrogens (tertiary/aromatic N) is 2. The minimum Gasteiger partial charge on any atom is -0.348 e. The third-order valence-electron chi connectivity index (χ3n) is 3.98. The second kappa shape index (κ2) is 6.38. The predicted octanol–water partition coefficient (Wildman–Crippen LogP) is 3.31. The number of urea groups is 1.